The Balaban J connectivity index is 4.08. The van der Waals surface area contributed by atoms with Crippen molar-refractivity contribution in [2.45, 2.75) is 348 Å². The van der Waals surface area contributed by atoms with Crippen LogP contribution in [-0.4, -0.2) is 24.3 Å². The van der Waals surface area contributed by atoms with Crippen LogP contribution in [0.15, 0.2) is 0 Å². The molecule has 0 aliphatic rings. The summed E-state index contributed by atoms with van der Waals surface area (Å²) < 4.78 is 12.6. The number of rotatable bonds is 56. The zero-order valence-electron chi connectivity index (χ0n) is 42.9. The minimum atomic E-state index is -3.08. The average Bonchev–Trinajstić information content (AvgIpc) is 3.26. The Hall–Kier alpha value is 0.310. The summed E-state index contributed by atoms with van der Waals surface area (Å²) in [6, 6.07) is 0. The second-order valence-corrected chi connectivity index (χ2v) is 22.6. The Morgan fingerprint density at radius 1 is 0.213 bits per heavy atom. The molecule has 0 rings (SSSR count). The molecule has 0 aromatic heterocycles. The van der Waals surface area contributed by atoms with Crippen molar-refractivity contribution in [1.29, 1.82) is 0 Å². The predicted molar refractivity (Wildman–Crippen MR) is 280 cm³/mol. The molecule has 61 heavy (non-hydrogen) atoms. The van der Waals surface area contributed by atoms with Crippen molar-refractivity contribution in [1.82, 2.24) is 0 Å². The monoisotopic (exact) mass is 883 g/mol. The van der Waals surface area contributed by atoms with E-state index >= 15 is 0 Å². The maximum absolute atomic E-state index is 11.6. The van der Waals surface area contributed by atoms with Crippen molar-refractivity contribution in [3.63, 3.8) is 0 Å². The third-order valence-corrected chi connectivity index (χ3v) is 16.0. The molecule has 0 spiro atoms. The molecule has 0 unspecified atom stereocenters. The van der Waals surface area contributed by atoms with Crippen molar-refractivity contribution in [2.75, 3.05) is 19.4 Å². The first kappa shape index (κ1) is 61.3. The van der Waals surface area contributed by atoms with Gasteiger partial charge >= 0.3 is 240 Å². The summed E-state index contributed by atoms with van der Waals surface area (Å²) in [6.07, 6.45) is 71.3. The summed E-state index contributed by atoms with van der Waals surface area (Å²) in [5, 5.41) is 0. The second kappa shape index (κ2) is 54.6. The molecule has 0 saturated carbocycles. The molecule has 0 fully saturated rings. The Morgan fingerprint density at radius 3 is 0.541 bits per heavy atom. The molecule has 1 N–H and O–H groups in total. The molecule has 370 valence electrons. The van der Waals surface area contributed by atoms with Crippen LogP contribution in [0.25, 0.3) is 0 Å². The molecule has 0 aromatic carbocycles. The van der Waals surface area contributed by atoms with Gasteiger partial charge in [0.05, 0.1) is 0 Å². The van der Waals surface area contributed by atoms with Crippen LogP contribution in [0.2, 0.25) is 0 Å². The van der Waals surface area contributed by atoms with Crippen molar-refractivity contribution >= 4 is 7.94 Å². The van der Waals surface area contributed by atoms with E-state index in [4.69, 9.17) is 9.05 Å². The molecular weight excluding hydrogens is 764 g/mol. The standard InChI is InChI=1S/C57H119O3P/c1-4-7-10-13-16-19-22-25-28-31-34-37-40-43-46-49-52-55-59-61(58,57-54-51-48-45-42-39-36-33-30-27-24-21-18-15-12-9-6-3)60-56-53-50-47-44-41-38-35-32-29-26-23-20-17-14-11-8-5-2/h58,61H,4-57H2,1-3H3. The zero-order valence-corrected chi connectivity index (χ0v) is 43.9. The van der Waals surface area contributed by atoms with E-state index in [0.29, 0.717) is 13.2 Å². The van der Waals surface area contributed by atoms with Crippen LogP contribution in [0, 0.1) is 0 Å². The molecule has 0 heterocycles. The maximum atomic E-state index is 11.6. The number of hydrogen-bond acceptors (Lipinski definition) is 3. The van der Waals surface area contributed by atoms with E-state index < -0.39 is 7.94 Å². The van der Waals surface area contributed by atoms with Crippen LogP contribution in [0.4, 0.5) is 0 Å². The summed E-state index contributed by atoms with van der Waals surface area (Å²) >= 11 is 0. The number of unbranched alkanes of at least 4 members (excludes halogenated alkanes) is 48. The van der Waals surface area contributed by atoms with Gasteiger partial charge in [0.2, 0.25) is 0 Å². The van der Waals surface area contributed by atoms with Gasteiger partial charge in [-0.2, -0.15) is 0 Å². The third kappa shape index (κ3) is 52.8. The fourth-order valence-corrected chi connectivity index (χ4v) is 11.4. The Kier molecular flexibility index (Phi) is 54.9. The number of hydrogen-bond donors (Lipinski definition) is 1. The Labute approximate surface area is 388 Å². The van der Waals surface area contributed by atoms with Gasteiger partial charge in [-0.25, -0.2) is 0 Å². The minimum absolute atomic E-state index is 0.680. The summed E-state index contributed by atoms with van der Waals surface area (Å²) in [7, 11) is -3.08. The molecule has 0 radical (unpaired) electrons. The predicted octanol–water partition coefficient (Wildman–Crippen LogP) is 21.5. The van der Waals surface area contributed by atoms with E-state index in [2.05, 4.69) is 20.8 Å². The van der Waals surface area contributed by atoms with Crippen molar-refractivity contribution < 1.29 is 13.9 Å². The molecule has 0 atom stereocenters. The quantitative estimate of drug-likeness (QED) is 0.0489. The molecule has 0 bridgehead atoms. The van der Waals surface area contributed by atoms with Crippen LogP contribution in [0.3, 0.4) is 0 Å². The molecule has 0 amide bonds. The van der Waals surface area contributed by atoms with Gasteiger partial charge in [-0.15, -0.1) is 0 Å². The topological polar surface area (TPSA) is 38.7 Å². The molecule has 0 aliphatic carbocycles. The molecule has 0 saturated heterocycles. The molecular formula is C57H119O3P. The van der Waals surface area contributed by atoms with Gasteiger partial charge in [0, 0.05) is 0 Å². The van der Waals surface area contributed by atoms with E-state index in [-0.39, 0.29) is 0 Å². The smallest absolute Gasteiger partial charge is 0.0654 e. The van der Waals surface area contributed by atoms with Gasteiger partial charge < -0.3 is 0 Å². The summed E-state index contributed by atoms with van der Waals surface area (Å²) in [6.45, 7) is 8.28. The average molecular weight is 884 g/mol. The van der Waals surface area contributed by atoms with Crippen LogP contribution in [-0.2, 0) is 9.05 Å². The van der Waals surface area contributed by atoms with Crippen molar-refractivity contribution in [3.05, 3.63) is 0 Å². The van der Waals surface area contributed by atoms with E-state index in [9.17, 15) is 4.89 Å². The summed E-state index contributed by atoms with van der Waals surface area (Å²) in [5.41, 5.74) is 0. The van der Waals surface area contributed by atoms with E-state index in [1.54, 1.807) is 0 Å². The molecule has 0 aromatic rings. The Bertz CT molecular complexity index is 721. The first-order valence-electron chi connectivity index (χ1n) is 29.2. The summed E-state index contributed by atoms with van der Waals surface area (Å²) in [5.74, 6) is 0. The first-order chi connectivity index (χ1) is 30.2. The van der Waals surface area contributed by atoms with Crippen LogP contribution in [0.5, 0.6) is 0 Å². The minimum Gasteiger partial charge on any atom is -0.0654 e. The van der Waals surface area contributed by atoms with Gasteiger partial charge in [0.15, 0.2) is 0 Å². The van der Waals surface area contributed by atoms with Gasteiger partial charge in [-0.05, 0) is 0 Å². The second-order valence-electron chi connectivity index (χ2n) is 20.1. The van der Waals surface area contributed by atoms with Crippen LogP contribution < -0.4 is 0 Å². The third-order valence-electron chi connectivity index (χ3n) is 13.7. The summed E-state index contributed by atoms with van der Waals surface area (Å²) in [4.78, 5) is 11.6. The molecule has 3 nitrogen and oxygen atoms in total. The van der Waals surface area contributed by atoms with Crippen LogP contribution in [0.1, 0.15) is 348 Å². The van der Waals surface area contributed by atoms with Gasteiger partial charge in [-0.3, -0.25) is 0 Å². The fraction of sp³-hybridized carbons (Fsp3) is 1.00. The SMILES string of the molecule is CCCCCCCCCCCCCCCCCCCO[PH](O)(CCCCCCCCCCCCCCCCCCC)OCCCCCCCCCCCCCCCCCCC. The molecule has 0 aliphatic heterocycles. The van der Waals surface area contributed by atoms with Gasteiger partial charge in [0.25, 0.3) is 0 Å². The first-order valence-corrected chi connectivity index (χ1v) is 31.2. The van der Waals surface area contributed by atoms with Crippen molar-refractivity contribution in [3.8, 4) is 0 Å². The zero-order chi connectivity index (χ0) is 44.1. The molecule has 4 heteroatoms. The Morgan fingerprint density at radius 2 is 0.361 bits per heavy atom. The van der Waals surface area contributed by atoms with E-state index in [1.165, 1.54) is 308 Å². The van der Waals surface area contributed by atoms with Crippen molar-refractivity contribution in [2.24, 2.45) is 0 Å². The fourth-order valence-electron chi connectivity index (χ4n) is 9.38. The van der Waals surface area contributed by atoms with Crippen LogP contribution >= 0.6 is 7.94 Å². The van der Waals surface area contributed by atoms with E-state index in [0.717, 1.165) is 25.4 Å². The van der Waals surface area contributed by atoms with E-state index in [1.807, 2.05) is 0 Å². The van der Waals surface area contributed by atoms with Gasteiger partial charge in [0.1, 0.15) is 0 Å². The van der Waals surface area contributed by atoms with Gasteiger partial charge in [-0.1, -0.05) is 149 Å². The normalized spacial score (nSPS) is 12.3.